The molecule has 0 amide bonds. The summed E-state index contributed by atoms with van der Waals surface area (Å²) >= 11 is 1.96. The van der Waals surface area contributed by atoms with E-state index in [4.69, 9.17) is 4.98 Å². The molecule has 6 rings (SSSR count). The van der Waals surface area contributed by atoms with E-state index >= 15 is 0 Å². The number of nitrogens with zero attached hydrogens (tertiary/aromatic N) is 2. The lowest BCUT2D eigenvalue weighted by atomic mass is 9.33. The zero-order valence-electron chi connectivity index (χ0n) is 26.7. The van der Waals surface area contributed by atoms with Gasteiger partial charge in [0.2, 0.25) is 0 Å². The number of carboxylic acids is 1. The molecular weight excluding hydrogens is 512 g/mol. The van der Waals surface area contributed by atoms with Crippen LogP contribution in [-0.2, 0) is 16.6 Å². The molecule has 0 spiro atoms. The van der Waals surface area contributed by atoms with Crippen molar-refractivity contribution in [2.24, 2.45) is 51.2 Å². The number of carboxylic acid groups (broad SMARTS) is 1. The van der Waals surface area contributed by atoms with E-state index in [1.54, 1.807) is 5.57 Å². The molecule has 0 unspecified atom stereocenters. The summed E-state index contributed by atoms with van der Waals surface area (Å²) in [6.45, 7) is 24.0. The zero-order valence-corrected chi connectivity index (χ0v) is 27.5. The van der Waals surface area contributed by atoms with Crippen LogP contribution in [0.5, 0.6) is 0 Å². The molecule has 3 saturated carbocycles. The predicted octanol–water partition coefficient (Wildman–Crippen LogP) is 8.75. The summed E-state index contributed by atoms with van der Waals surface area (Å²) in [6.07, 6.45) is 11.1. The SMILES string of the molecule is CCN(CC)c1nc2c(s1)C[C@]1(C)[C@H]3CC=C4[C@@H]5[C@@H](C)[C@H](C)CC[C@]5(C(=O)O)CC[C@@]4(C)[C@]3(C)CC[C@H]1C2(C)C. The molecule has 0 radical (unpaired) electrons. The minimum absolute atomic E-state index is 0.0643. The van der Waals surface area contributed by atoms with Crippen molar-refractivity contribution < 1.29 is 9.90 Å². The summed E-state index contributed by atoms with van der Waals surface area (Å²) in [4.78, 5) is 22.3. The van der Waals surface area contributed by atoms with Crippen molar-refractivity contribution in [3.8, 4) is 0 Å². The van der Waals surface area contributed by atoms with Gasteiger partial charge < -0.3 is 10.0 Å². The van der Waals surface area contributed by atoms with Gasteiger partial charge in [0.05, 0.1) is 11.1 Å². The monoisotopic (exact) mass is 566 g/mol. The highest BCUT2D eigenvalue weighted by molar-refractivity contribution is 7.15. The molecule has 1 aromatic heterocycles. The first kappa shape index (κ1) is 28.7. The number of thiazole rings is 1. The molecule has 0 saturated heterocycles. The smallest absolute Gasteiger partial charge is 0.310 e. The van der Waals surface area contributed by atoms with Crippen molar-refractivity contribution in [2.45, 2.75) is 119 Å². The van der Waals surface area contributed by atoms with Crippen LogP contribution in [0.3, 0.4) is 0 Å². The second-order valence-corrected chi connectivity index (χ2v) is 17.0. The fourth-order valence-corrected chi connectivity index (χ4v) is 13.3. The molecule has 0 bridgehead atoms. The maximum atomic E-state index is 13.0. The van der Waals surface area contributed by atoms with Crippen LogP contribution >= 0.6 is 11.3 Å². The molecule has 5 heteroatoms. The number of fused-ring (bicyclic) bond motifs is 8. The first-order chi connectivity index (χ1) is 18.7. The van der Waals surface area contributed by atoms with Gasteiger partial charge in [-0.25, -0.2) is 4.98 Å². The molecule has 4 nitrogen and oxygen atoms in total. The Morgan fingerprint density at radius 3 is 2.38 bits per heavy atom. The van der Waals surface area contributed by atoms with Crippen LogP contribution in [0.25, 0.3) is 0 Å². The Morgan fingerprint density at radius 1 is 1.02 bits per heavy atom. The summed E-state index contributed by atoms with van der Waals surface area (Å²) in [5.74, 6) is 1.89. The first-order valence-electron chi connectivity index (χ1n) is 16.4. The van der Waals surface area contributed by atoms with Gasteiger partial charge in [-0.2, -0.15) is 0 Å². The number of hydrogen-bond acceptors (Lipinski definition) is 4. The van der Waals surface area contributed by atoms with Crippen molar-refractivity contribution in [1.29, 1.82) is 0 Å². The van der Waals surface area contributed by atoms with Gasteiger partial charge in [0, 0.05) is 23.4 Å². The molecule has 5 aliphatic carbocycles. The van der Waals surface area contributed by atoms with Crippen LogP contribution < -0.4 is 4.90 Å². The van der Waals surface area contributed by atoms with Gasteiger partial charge in [-0.3, -0.25) is 4.79 Å². The number of rotatable bonds is 4. The largest absolute Gasteiger partial charge is 0.481 e. The van der Waals surface area contributed by atoms with E-state index in [9.17, 15) is 9.90 Å². The van der Waals surface area contributed by atoms with Crippen LogP contribution in [0.2, 0.25) is 0 Å². The quantitative estimate of drug-likeness (QED) is 0.370. The Hall–Kier alpha value is -1.36. The third-order valence-electron chi connectivity index (χ3n) is 14.4. The predicted molar refractivity (Wildman–Crippen MR) is 166 cm³/mol. The lowest BCUT2D eigenvalue weighted by molar-refractivity contribution is -0.179. The fraction of sp³-hybridized carbons (Fsp3) is 0.829. The molecule has 9 atom stereocenters. The highest BCUT2D eigenvalue weighted by Gasteiger charge is 2.69. The van der Waals surface area contributed by atoms with Crippen LogP contribution in [0.1, 0.15) is 118 Å². The Labute approximate surface area is 247 Å². The second kappa shape index (κ2) is 9.07. The van der Waals surface area contributed by atoms with Crippen molar-refractivity contribution >= 4 is 22.4 Å². The molecule has 5 aliphatic rings. The van der Waals surface area contributed by atoms with Crippen molar-refractivity contribution in [3.05, 3.63) is 22.2 Å². The van der Waals surface area contributed by atoms with Gasteiger partial charge in [-0.05, 0) is 111 Å². The third kappa shape index (κ3) is 3.42. The summed E-state index contributed by atoms with van der Waals surface area (Å²) in [7, 11) is 0. The average molecular weight is 567 g/mol. The van der Waals surface area contributed by atoms with Gasteiger partial charge in [0.15, 0.2) is 5.13 Å². The zero-order chi connectivity index (χ0) is 29.0. The van der Waals surface area contributed by atoms with E-state index in [-0.39, 0.29) is 27.6 Å². The maximum Gasteiger partial charge on any atom is 0.310 e. The molecule has 3 fully saturated rings. The second-order valence-electron chi connectivity index (χ2n) is 15.9. The minimum Gasteiger partial charge on any atom is -0.481 e. The van der Waals surface area contributed by atoms with Gasteiger partial charge in [0.25, 0.3) is 0 Å². The Balaban J connectivity index is 1.45. The number of carbonyl (C=O) groups is 1. The molecule has 40 heavy (non-hydrogen) atoms. The van der Waals surface area contributed by atoms with Gasteiger partial charge in [-0.1, -0.05) is 60.1 Å². The van der Waals surface area contributed by atoms with Crippen molar-refractivity contribution in [3.63, 3.8) is 0 Å². The third-order valence-corrected chi connectivity index (χ3v) is 15.5. The summed E-state index contributed by atoms with van der Waals surface area (Å²) in [6, 6.07) is 0. The summed E-state index contributed by atoms with van der Waals surface area (Å²) in [5, 5.41) is 11.9. The average Bonchev–Trinajstić information content (AvgIpc) is 3.31. The van der Waals surface area contributed by atoms with E-state index in [1.165, 1.54) is 28.5 Å². The number of allylic oxidation sites excluding steroid dienone is 2. The molecule has 1 N–H and O–H groups in total. The number of anilines is 1. The van der Waals surface area contributed by atoms with E-state index in [1.807, 2.05) is 11.3 Å². The number of aromatic nitrogens is 1. The molecule has 0 aromatic carbocycles. The van der Waals surface area contributed by atoms with Crippen LogP contribution in [0, 0.1) is 51.2 Å². The lowest BCUT2D eigenvalue weighted by Crippen LogP contribution is -2.65. The topological polar surface area (TPSA) is 53.4 Å². The van der Waals surface area contributed by atoms with E-state index in [0.29, 0.717) is 23.7 Å². The Morgan fingerprint density at radius 2 is 1.73 bits per heavy atom. The molecular formula is C35H54N2O2S. The van der Waals surface area contributed by atoms with Crippen molar-refractivity contribution in [2.75, 3.05) is 18.0 Å². The van der Waals surface area contributed by atoms with E-state index < -0.39 is 11.4 Å². The Bertz CT molecular complexity index is 1230. The molecule has 1 aromatic rings. The minimum atomic E-state index is -0.563. The highest BCUT2D eigenvalue weighted by Crippen LogP contribution is 2.75. The summed E-state index contributed by atoms with van der Waals surface area (Å²) in [5.41, 5.74) is 2.89. The first-order valence-corrected chi connectivity index (χ1v) is 17.2. The fourth-order valence-electron chi connectivity index (χ4n) is 11.8. The van der Waals surface area contributed by atoms with Crippen molar-refractivity contribution in [1.82, 2.24) is 4.98 Å². The Kier molecular flexibility index (Phi) is 6.52. The molecule has 1 heterocycles. The lowest BCUT2D eigenvalue weighted by Gasteiger charge is -2.70. The number of hydrogen-bond donors (Lipinski definition) is 1. The van der Waals surface area contributed by atoms with E-state index in [2.05, 4.69) is 73.3 Å². The summed E-state index contributed by atoms with van der Waals surface area (Å²) < 4.78 is 0. The number of aliphatic carboxylic acids is 1. The molecule has 0 aliphatic heterocycles. The standard InChI is InChI=1S/C35H54N2O2S/c1-10-37(11-2)30-36-28-24(40-30)20-32(7)25(31(28,5)6)15-16-34(9)26(32)13-12-23-27-22(4)21(3)14-17-35(27,29(38)39)19-18-33(23,34)8/h12,21-22,25-27H,10-11,13-20H2,1-9H3,(H,38,39)/t21-,22+,25+,26-,27+,32+,33-,34-,35+/m1/s1. The van der Waals surface area contributed by atoms with Crippen LogP contribution in [0.4, 0.5) is 5.13 Å². The highest BCUT2D eigenvalue weighted by atomic mass is 32.1. The normalized spacial score (nSPS) is 45.2. The van der Waals surface area contributed by atoms with E-state index in [0.717, 1.165) is 51.6 Å². The van der Waals surface area contributed by atoms with Gasteiger partial charge in [0.1, 0.15) is 0 Å². The molecule has 222 valence electrons. The van der Waals surface area contributed by atoms with Gasteiger partial charge in [-0.15, -0.1) is 11.3 Å². The van der Waals surface area contributed by atoms with Crippen LogP contribution in [0.15, 0.2) is 11.6 Å². The van der Waals surface area contributed by atoms with Crippen LogP contribution in [-0.4, -0.2) is 29.1 Å². The van der Waals surface area contributed by atoms with Gasteiger partial charge >= 0.3 is 5.97 Å². The maximum absolute atomic E-state index is 13.0.